The van der Waals surface area contributed by atoms with Gasteiger partial charge < -0.3 is 25.0 Å². The van der Waals surface area contributed by atoms with Crippen LogP contribution in [0.25, 0.3) is 0 Å². The van der Waals surface area contributed by atoms with Crippen molar-refractivity contribution < 1.29 is 23.5 Å². The average molecular weight is 561 g/mol. The average Bonchev–Trinajstić information content (AvgIpc) is 2.94. The van der Waals surface area contributed by atoms with E-state index in [4.69, 9.17) is 15.2 Å². The van der Waals surface area contributed by atoms with E-state index in [0.717, 1.165) is 13.1 Å². The van der Waals surface area contributed by atoms with E-state index in [1.54, 1.807) is 11.0 Å². The number of carbonyl (C=O) groups excluding carboxylic acids is 2. The molecule has 2 aliphatic rings. The number of carbonyl (C=O) groups is 2. The second-order valence-corrected chi connectivity index (χ2v) is 9.65. The fourth-order valence-electron chi connectivity index (χ4n) is 4.77. The Kier molecular flexibility index (Phi) is 9.82. The lowest BCUT2D eigenvalue weighted by molar-refractivity contribution is 0.0326. The molecule has 0 spiro atoms. The number of ether oxygens (including phenoxy) is 2. The maximum absolute atomic E-state index is 15.0. The highest BCUT2D eigenvalue weighted by Crippen LogP contribution is 2.24. The van der Waals surface area contributed by atoms with Gasteiger partial charge in [-0.15, -0.1) is 0 Å². The van der Waals surface area contributed by atoms with Crippen LogP contribution in [-0.2, 0) is 4.74 Å². The monoisotopic (exact) mass is 560 g/mol. The largest absolute Gasteiger partial charge is 0.477 e. The third-order valence-electron chi connectivity index (χ3n) is 7.02. The van der Waals surface area contributed by atoms with Gasteiger partial charge in [0.15, 0.2) is 5.82 Å². The number of halogens is 1. The number of hydrogen-bond acceptors (Lipinski definition) is 11. The molecule has 2 aliphatic heterocycles. The van der Waals surface area contributed by atoms with Crippen molar-refractivity contribution >= 4 is 29.7 Å². The first kappa shape index (κ1) is 29.1. The second-order valence-electron chi connectivity index (χ2n) is 9.65. The predicted molar refractivity (Wildman–Crippen MR) is 146 cm³/mol. The third-order valence-corrected chi connectivity index (χ3v) is 7.02. The lowest BCUT2D eigenvalue weighted by Gasteiger charge is -2.39. The van der Waals surface area contributed by atoms with Gasteiger partial charge in [0, 0.05) is 39.3 Å². The second kappa shape index (κ2) is 13.5. The van der Waals surface area contributed by atoms with Crippen molar-refractivity contribution in [3.8, 4) is 5.88 Å². The molecule has 40 heavy (non-hydrogen) atoms. The predicted octanol–water partition coefficient (Wildman–Crippen LogP) is 2.06. The summed E-state index contributed by atoms with van der Waals surface area (Å²) in [5, 5.41) is 5.27. The van der Waals surface area contributed by atoms with Crippen LogP contribution in [0.2, 0.25) is 0 Å². The topological polar surface area (TPSA) is 164 Å². The molecule has 0 radical (unpaired) electrons. The molecule has 0 unspecified atom stereocenters. The van der Waals surface area contributed by atoms with Crippen LogP contribution in [-0.4, -0.2) is 106 Å². The number of aromatic nitrogens is 4. The summed E-state index contributed by atoms with van der Waals surface area (Å²) in [6, 6.07) is 0.247. The Morgan fingerprint density at radius 1 is 1.15 bits per heavy atom. The Bertz CT molecular complexity index is 1140. The molecule has 0 saturated carbocycles. The molecule has 0 aromatic carbocycles. The van der Waals surface area contributed by atoms with E-state index in [2.05, 4.69) is 35.5 Å². The van der Waals surface area contributed by atoms with Crippen LogP contribution < -0.4 is 26.0 Å². The molecular formula is C25H37FN10O4. The van der Waals surface area contributed by atoms with Gasteiger partial charge in [0.2, 0.25) is 11.8 Å². The number of nitrogens with one attached hydrogen (secondary N) is 2. The van der Waals surface area contributed by atoms with E-state index in [1.807, 2.05) is 13.8 Å². The van der Waals surface area contributed by atoms with E-state index in [9.17, 15) is 14.0 Å². The molecule has 2 aromatic rings. The van der Waals surface area contributed by atoms with Crippen molar-refractivity contribution in [3.05, 3.63) is 24.7 Å². The molecule has 4 rings (SSSR count). The lowest BCUT2D eigenvalue weighted by atomic mass is 10.0. The van der Waals surface area contributed by atoms with Gasteiger partial charge in [-0.25, -0.2) is 28.9 Å². The Morgan fingerprint density at radius 3 is 2.67 bits per heavy atom. The summed E-state index contributed by atoms with van der Waals surface area (Å²) in [5.41, 5.74) is 6.15. The molecule has 218 valence electrons. The maximum Gasteiger partial charge on any atom is 0.413 e. The highest BCUT2D eigenvalue weighted by Gasteiger charge is 2.35. The number of rotatable bonds is 8. The van der Waals surface area contributed by atoms with E-state index in [1.165, 1.54) is 30.5 Å². The van der Waals surface area contributed by atoms with Crippen LogP contribution in [0.15, 0.2) is 24.7 Å². The number of urea groups is 1. The third kappa shape index (κ3) is 7.41. The summed E-state index contributed by atoms with van der Waals surface area (Å²) in [6.07, 6.45) is 3.41. The number of piperidine rings is 2. The number of alkyl halides is 1. The highest BCUT2D eigenvalue weighted by molar-refractivity contribution is 5.88. The zero-order valence-electron chi connectivity index (χ0n) is 23.0. The number of anilines is 3. The number of likely N-dealkylation sites (N-methyl/N-ethyl adjacent to an activating group) is 1. The van der Waals surface area contributed by atoms with E-state index >= 15 is 0 Å². The van der Waals surface area contributed by atoms with Crippen LogP contribution >= 0.6 is 0 Å². The number of hydrogen-bond donors (Lipinski definition) is 3. The molecule has 14 nitrogen and oxygen atoms in total. The van der Waals surface area contributed by atoms with Crippen LogP contribution in [0.1, 0.15) is 33.1 Å². The van der Waals surface area contributed by atoms with Gasteiger partial charge in [-0.3, -0.25) is 15.5 Å². The van der Waals surface area contributed by atoms with Crippen LogP contribution in [0.5, 0.6) is 5.88 Å². The molecule has 0 aliphatic carbocycles. The van der Waals surface area contributed by atoms with E-state index in [-0.39, 0.29) is 36.9 Å². The van der Waals surface area contributed by atoms with E-state index in [0.29, 0.717) is 37.8 Å². The quantitative estimate of drug-likeness (QED) is 0.433. The van der Waals surface area contributed by atoms with Crippen molar-refractivity contribution in [3.63, 3.8) is 0 Å². The summed E-state index contributed by atoms with van der Waals surface area (Å²) >= 11 is 0. The Balaban J connectivity index is 1.33. The highest BCUT2D eigenvalue weighted by atomic mass is 19.1. The van der Waals surface area contributed by atoms with Crippen molar-refractivity contribution in [2.75, 3.05) is 55.4 Å². The smallest absolute Gasteiger partial charge is 0.413 e. The standard InChI is InChI=1S/C25H37FN10O4/c1-4-35-10-7-16(12-19(35)27)40-25(38)33-20-6-9-28-23(31-20)36-11-8-17(26)18(15-36)34(3)24(37)32-21-13-30-22(14-29-21)39-5-2/h6,9,13-14,16-19H,4-5,7-8,10-12,15,27H2,1-3H3,(H,29,32,37)(H,28,31,33,38)/t16-,17+,18-,19+/m0/s1. The summed E-state index contributed by atoms with van der Waals surface area (Å²) in [6.45, 7) is 6.43. The van der Waals surface area contributed by atoms with Crippen LogP contribution in [0.3, 0.4) is 0 Å². The number of amides is 3. The van der Waals surface area contributed by atoms with Crippen molar-refractivity contribution in [1.29, 1.82) is 0 Å². The van der Waals surface area contributed by atoms with E-state index < -0.39 is 24.3 Å². The van der Waals surface area contributed by atoms with Gasteiger partial charge in [0.25, 0.3) is 0 Å². The summed E-state index contributed by atoms with van der Waals surface area (Å²) in [5.74, 6) is 1.12. The lowest BCUT2D eigenvalue weighted by Crippen LogP contribution is -2.55. The first-order chi connectivity index (χ1) is 19.3. The molecule has 4 N–H and O–H groups in total. The molecule has 15 heteroatoms. The number of nitrogens with two attached hydrogens (primary N) is 1. The van der Waals surface area contributed by atoms with Gasteiger partial charge >= 0.3 is 12.1 Å². The zero-order valence-corrected chi connectivity index (χ0v) is 23.0. The maximum atomic E-state index is 15.0. The Labute approximate surface area is 232 Å². The summed E-state index contributed by atoms with van der Waals surface area (Å²) < 4.78 is 25.8. The minimum Gasteiger partial charge on any atom is -0.477 e. The molecular weight excluding hydrogens is 523 g/mol. The summed E-state index contributed by atoms with van der Waals surface area (Å²) in [7, 11) is 1.52. The first-order valence-corrected chi connectivity index (χ1v) is 13.4. The van der Waals surface area contributed by atoms with Gasteiger partial charge in [-0.1, -0.05) is 6.92 Å². The van der Waals surface area contributed by atoms with Gasteiger partial charge in [-0.05, 0) is 32.4 Å². The Morgan fingerprint density at radius 2 is 1.98 bits per heavy atom. The molecule has 4 atom stereocenters. The molecule has 4 heterocycles. The molecule has 3 amide bonds. The SMILES string of the molecule is CCOc1cnc(NC(=O)N(C)[C@H]2CN(c3nccc(NC(=O)O[C@H]4CCN(CC)[C@@H](N)C4)n3)CC[C@H]2F)cn1. The van der Waals surface area contributed by atoms with Gasteiger partial charge in [-0.2, -0.15) is 4.98 Å². The van der Waals surface area contributed by atoms with Crippen molar-refractivity contribution in [2.45, 2.75) is 57.6 Å². The Hall–Kier alpha value is -3.85. The molecule has 2 fully saturated rings. The van der Waals surface area contributed by atoms with Crippen LogP contribution in [0.4, 0.5) is 31.6 Å². The van der Waals surface area contributed by atoms with Gasteiger partial charge in [0.05, 0.1) is 31.2 Å². The number of nitrogens with zero attached hydrogens (tertiary/aromatic N) is 7. The molecule has 2 aromatic heterocycles. The fourth-order valence-corrected chi connectivity index (χ4v) is 4.77. The van der Waals surface area contributed by atoms with Crippen molar-refractivity contribution in [1.82, 2.24) is 29.7 Å². The minimum atomic E-state index is -1.25. The summed E-state index contributed by atoms with van der Waals surface area (Å²) in [4.78, 5) is 47.4. The van der Waals surface area contributed by atoms with Gasteiger partial charge in [0.1, 0.15) is 18.1 Å². The van der Waals surface area contributed by atoms with Crippen molar-refractivity contribution in [2.24, 2.45) is 5.73 Å². The van der Waals surface area contributed by atoms with Crippen LogP contribution in [0, 0.1) is 0 Å². The normalized spacial score (nSPS) is 23.3. The minimum absolute atomic E-state index is 0.150. The molecule has 0 bridgehead atoms. The molecule has 2 saturated heterocycles. The number of likely N-dealkylation sites (tertiary alicyclic amines) is 1. The zero-order chi connectivity index (χ0) is 28.6. The fraction of sp³-hybridized carbons (Fsp3) is 0.600. The first-order valence-electron chi connectivity index (χ1n) is 13.4.